The van der Waals surface area contributed by atoms with Crippen LogP contribution < -0.4 is 0 Å². The molecule has 0 heterocycles. The molecule has 0 atom stereocenters. The monoisotopic (exact) mass is 821 g/mol. The predicted octanol–water partition coefficient (Wildman–Crippen LogP) is 4.25. The Morgan fingerprint density at radius 1 is 0.483 bits per heavy atom. The average Bonchev–Trinajstić information content (AvgIpc) is 3.57. The van der Waals surface area contributed by atoms with Crippen LogP contribution in [0.1, 0.15) is 17.0 Å². The van der Waals surface area contributed by atoms with Crippen molar-refractivity contribution in [1.29, 1.82) is 0 Å². The molecule has 328 valence electrons. The van der Waals surface area contributed by atoms with E-state index < -0.39 is 0 Å². The highest BCUT2D eigenvalue weighted by molar-refractivity contribution is 5.79. The third-order valence-corrected chi connectivity index (χ3v) is 8.55. The van der Waals surface area contributed by atoms with Crippen molar-refractivity contribution in [3.63, 3.8) is 0 Å². The van der Waals surface area contributed by atoms with E-state index in [1.54, 1.807) is 13.1 Å². The molecule has 0 aliphatic heterocycles. The minimum absolute atomic E-state index is 0.0366. The van der Waals surface area contributed by atoms with E-state index in [1.807, 2.05) is 24.3 Å². The van der Waals surface area contributed by atoms with Gasteiger partial charge >= 0.3 is 6.09 Å². The average molecular weight is 822 g/mol. The first kappa shape index (κ1) is 49.3. The van der Waals surface area contributed by atoms with E-state index in [-0.39, 0.29) is 12.0 Å². The highest BCUT2D eigenvalue weighted by atomic mass is 16.6. The molecule has 0 N–H and O–H groups in total. The fraction of sp³-hybridized carbons (Fsp3) is 0.651. The van der Waals surface area contributed by atoms with Gasteiger partial charge in [-0.2, -0.15) is 0 Å². The van der Waals surface area contributed by atoms with Gasteiger partial charge in [-0.1, -0.05) is 54.6 Å². The first-order valence-corrected chi connectivity index (χ1v) is 20.3. The van der Waals surface area contributed by atoms with Gasteiger partial charge in [0, 0.05) is 19.5 Å². The molecule has 0 fully saturated rings. The van der Waals surface area contributed by atoms with Crippen LogP contribution in [0.15, 0.2) is 61.2 Å². The molecule has 0 spiro atoms. The number of hydrogen-bond donors (Lipinski definition) is 0. The highest BCUT2D eigenvalue weighted by Crippen LogP contribution is 2.44. The summed E-state index contributed by atoms with van der Waals surface area (Å²) in [6, 6.07) is 16.6. The number of benzene rings is 2. The van der Waals surface area contributed by atoms with Crippen LogP contribution in [0.3, 0.4) is 0 Å². The van der Waals surface area contributed by atoms with Gasteiger partial charge in [0.2, 0.25) is 0 Å². The quantitative estimate of drug-likeness (QED) is 0.0699. The molecule has 0 saturated carbocycles. The second kappa shape index (κ2) is 34.8. The van der Waals surface area contributed by atoms with E-state index in [2.05, 4.69) is 30.8 Å². The zero-order valence-corrected chi connectivity index (χ0v) is 34.5. The molecule has 2 aromatic rings. The molecule has 1 aliphatic carbocycles. The van der Waals surface area contributed by atoms with Gasteiger partial charge in [-0.25, -0.2) is 4.79 Å². The molecule has 15 heteroatoms. The Balaban J connectivity index is 0.951. The van der Waals surface area contributed by atoms with Crippen molar-refractivity contribution in [3.8, 4) is 11.1 Å². The van der Waals surface area contributed by atoms with Crippen LogP contribution in [-0.2, 0) is 61.6 Å². The van der Waals surface area contributed by atoms with E-state index in [4.69, 9.17) is 61.6 Å². The maximum Gasteiger partial charge on any atom is 0.409 e. The van der Waals surface area contributed by atoms with Crippen molar-refractivity contribution in [2.45, 2.75) is 5.92 Å². The topological polar surface area (TPSA) is 140 Å². The number of likely N-dealkylation sites (N-methyl/N-ethyl adjacent to an activating group) is 1. The second-order valence-corrected chi connectivity index (χ2v) is 12.8. The Morgan fingerprint density at radius 2 is 0.776 bits per heavy atom. The highest BCUT2D eigenvalue weighted by Gasteiger charge is 2.29. The zero-order valence-electron chi connectivity index (χ0n) is 34.5. The summed E-state index contributed by atoms with van der Waals surface area (Å²) in [4.78, 5) is 14.2. The van der Waals surface area contributed by atoms with Crippen molar-refractivity contribution in [2.75, 3.05) is 179 Å². The molecular formula is C43H67NO14. The van der Waals surface area contributed by atoms with Crippen molar-refractivity contribution in [3.05, 3.63) is 72.3 Å². The van der Waals surface area contributed by atoms with E-state index in [9.17, 15) is 4.79 Å². The standard InChI is InChI=1S/C43H67NO14/c1-3-13-46-15-17-48-19-21-50-23-25-52-27-29-54-31-33-56-35-36-57-34-32-55-30-28-53-26-24-51-22-20-49-18-16-47-14-12-44(2)43(45)58-37-42-40-10-6-4-8-38(40)39-9-5-7-11-41(39)42/h3-11,42H,1,12-37H2,2H3. The summed E-state index contributed by atoms with van der Waals surface area (Å²) in [5.41, 5.74) is 4.79. The Hall–Kier alpha value is -3.03. The van der Waals surface area contributed by atoms with Crippen molar-refractivity contribution < 1.29 is 66.4 Å². The molecule has 1 amide bonds. The third-order valence-electron chi connectivity index (χ3n) is 8.55. The van der Waals surface area contributed by atoms with Crippen LogP contribution in [0, 0.1) is 0 Å². The van der Waals surface area contributed by atoms with Crippen LogP contribution in [0.4, 0.5) is 4.79 Å². The molecule has 1 aliphatic rings. The lowest BCUT2D eigenvalue weighted by Gasteiger charge is -2.19. The summed E-state index contributed by atoms with van der Waals surface area (Å²) in [6.45, 7) is 16.1. The molecule has 3 rings (SSSR count). The third kappa shape index (κ3) is 22.9. The summed E-state index contributed by atoms with van der Waals surface area (Å²) < 4.78 is 71.4. The summed E-state index contributed by atoms with van der Waals surface area (Å²) >= 11 is 0. The Kier molecular flexibility index (Phi) is 29.6. The summed E-state index contributed by atoms with van der Waals surface area (Å²) in [7, 11) is 1.71. The zero-order chi connectivity index (χ0) is 41.0. The number of rotatable bonds is 40. The molecule has 0 aromatic heterocycles. The lowest BCUT2D eigenvalue weighted by atomic mass is 9.98. The first-order chi connectivity index (χ1) is 28.7. The molecule has 0 saturated heterocycles. The number of hydrogen-bond acceptors (Lipinski definition) is 14. The molecule has 58 heavy (non-hydrogen) atoms. The van der Waals surface area contributed by atoms with Gasteiger partial charge in [0.25, 0.3) is 0 Å². The van der Waals surface area contributed by atoms with E-state index >= 15 is 0 Å². The lowest BCUT2D eigenvalue weighted by Crippen LogP contribution is -2.32. The molecule has 15 nitrogen and oxygen atoms in total. The minimum Gasteiger partial charge on any atom is -0.448 e. The van der Waals surface area contributed by atoms with Gasteiger partial charge in [0.05, 0.1) is 159 Å². The Morgan fingerprint density at radius 3 is 1.10 bits per heavy atom. The fourth-order valence-electron chi connectivity index (χ4n) is 5.58. The van der Waals surface area contributed by atoms with Crippen molar-refractivity contribution >= 4 is 6.09 Å². The minimum atomic E-state index is -0.366. The van der Waals surface area contributed by atoms with Crippen LogP contribution in [-0.4, -0.2) is 190 Å². The number of ether oxygens (including phenoxy) is 13. The van der Waals surface area contributed by atoms with Gasteiger partial charge in [-0.05, 0) is 22.3 Å². The lowest BCUT2D eigenvalue weighted by molar-refractivity contribution is -0.0282. The van der Waals surface area contributed by atoms with E-state index in [1.165, 1.54) is 27.2 Å². The number of fused-ring (bicyclic) bond motifs is 3. The van der Waals surface area contributed by atoms with Crippen molar-refractivity contribution in [2.24, 2.45) is 0 Å². The fourth-order valence-corrected chi connectivity index (χ4v) is 5.58. The Labute approximate surface area is 345 Å². The van der Waals surface area contributed by atoms with E-state index in [0.29, 0.717) is 172 Å². The largest absolute Gasteiger partial charge is 0.448 e. The van der Waals surface area contributed by atoms with Crippen LogP contribution in [0.2, 0.25) is 0 Å². The molecule has 0 unspecified atom stereocenters. The summed E-state index contributed by atoms with van der Waals surface area (Å²) in [5, 5.41) is 0. The van der Waals surface area contributed by atoms with E-state index in [0.717, 1.165) is 0 Å². The van der Waals surface area contributed by atoms with Gasteiger partial charge in [0.15, 0.2) is 0 Å². The van der Waals surface area contributed by atoms with Gasteiger partial charge in [-0.3, -0.25) is 0 Å². The summed E-state index contributed by atoms with van der Waals surface area (Å²) in [5.74, 6) is 0.0366. The molecule has 0 bridgehead atoms. The van der Waals surface area contributed by atoms with Crippen molar-refractivity contribution in [1.82, 2.24) is 4.90 Å². The normalized spacial score (nSPS) is 12.2. The van der Waals surface area contributed by atoms with Crippen LogP contribution in [0.5, 0.6) is 0 Å². The SMILES string of the molecule is C=CCOCCOCCOCCOCCOCCOCCOCCOCCOCCOCCOCCOCCN(C)C(=O)OCC1c2ccccc2-c2ccccc21. The smallest absolute Gasteiger partial charge is 0.409 e. The molecular weight excluding hydrogens is 754 g/mol. The number of carbonyl (C=O) groups excluding carboxylic acids is 1. The maximum atomic E-state index is 12.6. The summed E-state index contributed by atoms with van der Waals surface area (Å²) in [6.07, 6.45) is 1.34. The maximum absolute atomic E-state index is 12.6. The molecule has 0 radical (unpaired) electrons. The number of carbonyl (C=O) groups is 1. The van der Waals surface area contributed by atoms with Crippen LogP contribution >= 0.6 is 0 Å². The van der Waals surface area contributed by atoms with Gasteiger partial charge in [0.1, 0.15) is 6.61 Å². The van der Waals surface area contributed by atoms with Crippen LogP contribution in [0.25, 0.3) is 11.1 Å². The Bertz CT molecular complexity index is 1260. The van der Waals surface area contributed by atoms with Gasteiger partial charge < -0.3 is 66.5 Å². The van der Waals surface area contributed by atoms with Gasteiger partial charge in [-0.15, -0.1) is 6.58 Å². The first-order valence-electron chi connectivity index (χ1n) is 20.3. The number of amides is 1. The molecule has 2 aromatic carbocycles. The number of nitrogens with zero attached hydrogens (tertiary/aromatic N) is 1. The predicted molar refractivity (Wildman–Crippen MR) is 218 cm³/mol. The second-order valence-electron chi connectivity index (χ2n) is 12.8.